The van der Waals surface area contributed by atoms with Crippen molar-refractivity contribution in [1.29, 1.82) is 0 Å². The zero-order valence-corrected chi connectivity index (χ0v) is 8.43. The summed E-state index contributed by atoms with van der Waals surface area (Å²) in [5.41, 5.74) is 0. The highest BCUT2D eigenvalue weighted by Crippen LogP contribution is 2.26. The molecule has 0 aliphatic rings. The first-order valence-electron chi connectivity index (χ1n) is 3.26. The number of hydrogen-bond acceptors (Lipinski definition) is 1. The van der Waals surface area contributed by atoms with Gasteiger partial charge in [-0.2, -0.15) is 0 Å². The molecule has 0 rings (SSSR count). The van der Waals surface area contributed by atoms with Crippen LogP contribution in [0.2, 0.25) is 0 Å². The Morgan fingerprint density at radius 1 is 1.55 bits per heavy atom. The van der Waals surface area contributed by atoms with Crippen LogP contribution < -0.4 is 5.32 Å². The van der Waals surface area contributed by atoms with E-state index in [0.29, 0.717) is 6.42 Å². The van der Waals surface area contributed by atoms with Gasteiger partial charge in [-0.3, -0.25) is 4.79 Å². The Kier molecular flexibility index (Phi) is 5.23. The van der Waals surface area contributed by atoms with Gasteiger partial charge in [-0.05, 0) is 6.42 Å². The van der Waals surface area contributed by atoms with Crippen molar-refractivity contribution in [2.24, 2.45) is 0 Å². The third-order valence-corrected chi connectivity index (χ3v) is 1.98. The van der Waals surface area contributed by atoms with E-state index in [-0.39, 0.29) is 6.00 Å². The predicted octanol–water partition coefficient (Wildman–Crippen LogP) is 2.27. The summed E-state index contributed by atoms with van der Waals surface area (Å²) in [4.78, 5) is 11.0. The number of halogens is 3. The Hall–Kier alpha value is 0.340. The van der Waals surface area contributed by atoms with Crippen LogP contribution in [0.15, 0.2) is 0 Å². The molecule has 0 spiro atoms. The highest BCUT2D eigenvalue weighted by molar-refractivity contribution is 6.58. The Balaban J connectivity index is 3.94. The second-order valence-electron chi connectivity index (χ2n) is 2.09. The van der Waals surface area contributed by atoms with E-state index in [1.165, 1.54) is 0 Å². The Morgan fingerprint density at radius 3 is 2.45 bits per heavy atom. The lowest BCUT2D eigenvalue weighted by atomic mass is 10.2. The largest absolute Gasteiger partial charge is 0.340 e. The van der Waals surface area contributed by atoms with E-state index in [1.54, 1.807) is 0 Å². The maximum atomic E-state index is 11.0. The zero-order valence-electron chi connectivity index (χ0n) is 6.16. The van der Waals surface area contributed by atoms with Crippen molar-refractivity contribution in [3.63, 3.8) is 0 Å². The van der Waals surface area contributed by atoms with Crippen LogP contribution in [0.4, 0.5) is 0 Å². The van der Waals surface area contributed by atoms with E-state index in [4.69, 9.17) is 34.8 Å². The molecule has 66 valence electrons. The van der Waals surface area contributed by atoms with Crippen molar-refractivity contribution >= 4 is 40.7 Å². The van der Waals surface area contributed by atoms with Gasteiger partial charge in [0.1, 0.15) is 0 Å². The topological polar surface area (TPSA) is 29.1 Å². The Labute approximate surface area is 81.2 Å². The fourth-order valence-electron chi connectivity index (χ4n) is 0.618. The van der Waals surface area contributed by atoms with Crippen molar-refractivity contribution < 1.29 is 4.79 Å². The van der Waals surface area contributed by atoms with Gasteiger partial charge >= 0.3 is 0 Å². The van der Waals surface area contributed by atoms with Crippen LogP contribution >= 0.6 is 34.8 Å². The summed E-state index contributed by atoms with van der Waals surface area (Å²) in [6.07, 6.45) is 1.18. The molecule has 0 saturated heterocycles. The number of carbonyl (C=O) groups excluding carboxylic acids is 1. The first-order chi connectivity index (χ1) is 5.04. The maximum Gasteiger partial charge on any atom is 0.257 e. The number of carbonyl (C=O) groups is 1. The normalized spacial score (nSPS) is 11.3. The van der Waals surface area contributed by atoms with Crippen molar-refractivity contribution in [2.75, 3.05) is 6.00 Å². The summed E-state index contributed by atoms with van der Waals surface area (Å²) in [7, 11) is 0. The fourth-order valence-corrected chi connectivity index (χ4v) is 1.25. The van der Waals surface area contributed by atoms with Crippen molar-refractivity contribution in [3.8, 4) is 0 Å². The summed E-state index contributed by atoms with van der Waals surface area (Å²) in [5.74, 6) is -0.433. The highest BCUT2D eigenvalue weighted by atomic mass is 35.5. The fraction of sp³-hybridized carbons (Fsp3) is 0.833. The summed E-state index contributed by atoms with van der Waals surface area (Å²) in [6, 6.07) is 0.0315. The molecule has 0 aromatic heterocycles. The molecule has 11 heavy (non-hydrogen) atoms. The molecule has 0 aromatic carbocycles. The second-order valence-corrected chi connectivity index (χ2v) is 3.85. The molecule has 0 heterocycles. The SMILES string of the molecule is CCCC(Cl)(Cl)C(=O)NCCl. The minimum absolute atomic E-state index is 0.0315. The van der Waals surface area contributed by atoms with Gasteiger partial charge in [-0.1, -0.05) is 36.5 Å². The van der Waals surface area contributed by atoms with Crippen molar-refractivity contribution in [3.05, 3.63) is 0 Å². The molecule has 0 aliphatic heterocycles. The number of hydrogen-bond donors (Lipinski definition) is 1. The smallest absolute Gasteiger partial charge is 0.257 e. The molecule has 5 heteroatoms. The van der Waals surface area contributed by atoms with Gasteiger partial charge in [-0.15, -0.1) is 11.6 Å². The van der Waals surface area contributed by atoms with Crippen LogP contribution in [-0.4, -0.2) is 16.2 Å². The van der Waals surface area contributed by atoms with Crippen LogP contribution in [0.3, 0.4) is 0 Å². The van der Waals surface area contributed by atoms with Gasteiger partial charge in [0.2, 0.25) is 0 Å². The zero-order chi connectivity index (χ0) is 8.91. The highest BCUT2D eigenvalue weighted by Gasteiger charge is 2.31. The molecular weight excluding hydrogens is 208 g/mol. The molecular formula is C6H10Cl3NO. The van der Waals surface area contributed by atoms with E-state index in [9.17, 15) is 4.79 Å². The lowest BCUT2D eigenvalue weighted by Gasteiger charge is -2.16. The van der Waals surface area contributed by atoms with Crippen LogP contribution in [0, 0.1) is 0 Å². The summed E-state index contributed by atoms with van der Waals surface area (Å²) in [5, 5.41) is 2.33. The van der Waals surface area contributed by atoms with E-state index in [1.807, 2.05) is 6.92 Å². The standard InChI is InChI=1S/C6H10Cl3NO/c1-2-3-6(8,9)5(11)10-4-7/h2-4H2,1H3,(H,10,11). The van der Waals surface area contributed by atoms with Gasteiger partial charge in [0.25, 0.3) is 5.91 Å². The number of alkyl halides is 3. The molecule has 0 aromatic rings. The third-order valence-electron chi connectivity index (χ3n) is 1.12. The maximum absolute atomic E-state index is 11.0. The van der Waals surface area contributed by atoms with Crippen LogP contribution in [0.25, 0.3) is 0 Å². The first-order valence-corrected chi connectivity index (χ1v) is 4.55. The minimum atomic E-state index is -1.33. The van der Waals surface area contributed by atoms with Crippen LogP contribution in [0.1, 0.15) is 19.8 Å². The summed E-state index contributed by atoms with van der Waals surface area (Å²) in [6.45, 7) is 1.90. The molecule has 0 bridgehead atoms. The van der Waals surface area contributed by atoms with E-state index < -0.39 is 10.2 Å². The lowest BCUT2D eigenvalue weighted by Crippen LogP contribution is -2.37. The molecule has 0 fully saturated rings. The molecule has 0 atom stereocenters. The number of rotatable bonds is 4. The predicted molar refractivity (Wildman–Crippen MR) is 48.2 cm³/mol. The van der Waals surface area contributed by atoms with Gasteiger partial charge < -0.3 is 5.32 Å². The van der Waals surface area contributed by atoms with E-state index in [0.717, 1.165) is 6.42 Å². The van der Waals surface area contributed by atoms with Gasteiger partial charge in [-0.25, -0.2) is 0 Å². The summed E-state index contributed by atoms with van der Waals surface area (Å²) < 4.78 is -1.33. The van der Waals surface area contributed by atoms with Crippen molar-refractivity contribution in [2.45, 2.75) is 24.1 Å². The molecule has 1 N–H and O–H groups in total. The van der Waals surface area contributed by atoms with E-state index in [2.05, 4.69) is 5.32 Å². The second kappa shape index (κ2) is 5.07. The van der Waals surface area contributed by atoms with Crippen LogP contribution in [-0.2, 0) is 4.79 Å². The molecule has 1 amide bonds. The first kappa shape index (κ1) is 11.3. The molecule has 0 aliphatic carbocycles. The Bertz CT molecular complexity index is 138. The average Bonchev–Trinajstić information content (AvgIpc) is 1.88. The summed E-state index contributed by atoms with van der Waals surface area (Å²) >= 11 is 16.6. The average molecular weight is 219 g/mol. The van der Waals surface area contributed by atoms with Gasteiger partial charge in [0.05, 0.1) is 6.00 Å². The molecule has 0 unspecified atom stereocenters. The molecule has 2 nitrogen and oxygen atoms in total. The monoisotopic (exact) mass is 217 g/mol. The lowest BCUT2D eigenvalue weighted by molar-refractivity contribution is -0.121. The van der Waals surface area contributed by atoms with Gasteiger partial charge in [0, 0.05) is 0 Å². The van der Waals surface area contributed by atoms with Gasteiger partial charge in [0.15, 0.2) is 4.33 Å². The van der Waals surface area contributed by atoms with E-state index >= 15 is 0 Å². The Morgan fingerprint density at radius 2 is 2.09 bits per heavy atom. The quantitative estimate of drug-likeness (QED) is 0.569. The minimum Gasteiger partial charge on any atom is -0.340 e. The number of amides is 1. The number of nitrogens with one attached hydrogen (secondary N) is 1. The van der Waals surface area contributed by atoms with Crippen molar-refractivity contribution in [1.82, 2.24) is 5.32 Å². The third kappa shape index (κ3) is 4.04. The molecule has 0 radical (unpaired) electrons. The van der Waals surface area contributed by atoms with Crippen LogP contribution in [0.5, 0.6) is 0 Å². The molecule has 0 saturated carbocycles.